The first-order valence-corrected chi connectivity index (χ1v) is 8.34. The summed E-state index contributed by atoms with van der Waals surface area (Å²) in [5, 5.41) is 12.9. The van der Waals surface area contributed by atoms with Crippen molar-refractivity contribution in [1.29, 1.82) is 0 Å². The Labute approximate surface area is 133 Å². The van der Waals surface area contributed by atoms with Gasteiger partial charge in [-0.3, -0.25) is 9.69 Å². The minimum atomic E-state index is -0.309. The van der Waals surface area contributed by atoms with E-state index in [-0.39, 0.29) is 18.1 Å². The quantitative estimate of drug-likeness (QED) is 0.879. The van der Waals surface area contributed by atoms with Gasteiger partial charge in [-0.15, -0.1) is 0 Å². The first-order valence-electron chi connectivity index (χ1n) is 8.34. The third-order valence-corrected chi connectivity index (χ3v) is 4.72. The van der Waals surface area contributed by atoms with Gasteiger partial charge in [0.25, 0.3) is 0 Å². The summed E-state index contributed by atoms with van der Waals surface area (Å²) in [5.74, 6) is 0.425. The number of benzene rings is 1. The smallest absolute Gasteiger partial charge is 0.241 e. The zero-order chi connectivity index (χ0) is 16.1. The molecule has 4 heteroatoms. The van der Waals surface area contributed by atoms with Gasteiger partial charge in [0.05, 0.1) is 12.1 Å². The maximum Gasteiger partial charge on any atom is 0.241 e. The molecule has 1 saturated heterocycles. The Morgan fingerprint density at radius 3 is 2.82 bits per heavy atom. The van der Waals surface area contributed by atoms with Crippen LogP contribution in [-0.2, 0) is 4.79 Å². The third-order valence-electron chi connectivity index (χ3n) is 4.72. The molecule has 3 atom stereocenters. The van der Waals surface area contributed by atoms with Crippen LogP contribution in [0.5, 0.6) is 0 Å². The van der Waals surface area contributed by atoms with Crippen molar-refractivity contribution >= 4 is 11.6 Å². The summed E-state index contributed by atoms with van der Waals surface area (Å²) in [5.41, 5.74) is 2.09. The van der Waals surface area contributed by atoms with Crippen molar-refractivity contribution in [2.45, 2.75) is 58.1 Å². The molecule has 1 fully saturated rings. The van der Waals surface area contributed by atoms with Crippen LogP contribution >= 0.6 is 0 Å². The Balaban J connectivity index is 2.05. The molecular weight excluding hydrogens is 276 g/mol. The number of likely N-dealkylation sites (tertiary alicyclic amines) is 1. The molecule has 0 bridgehead atoms. The molecule has 1 aromatic carbocycles. The minimum absolute atomic E-state index is 0.00449. The highest BCUT2D eigenvalue weighted by atomic mass is 16.3. The van der Waals surface area contributed by atoms with Crippen LogP contribution in [0.4, 0.5) is 5.69 Å². The SMILES string of the molecule is CCC(C)c1ccccc1NC(=O)C(C)N1CCCC(O)C1. The lowest BCUT2D eigenvalue weighted by molar-refractivity contribution is -0.121. The van der Waals surface area contributed by atoms with Crippen LogP contribution in [0, 0.1) is 0 Å². The summed E-state index contributed by atoms with van der Waals surface area (Å²) in [6, 6.07) is 7.80. The molecule has 1 amide bonds. The molecule has 0 aromatic heterocycles. The zero-order valence-electron chi connectivity index (χ0n) is 13.9. The second-order valence-corrected chi connectivity index (χ2v) is 6.35. The number of nitrogens with zero attached hydrogens (tertiary/aromatic N) is 1. The largest absolute Gasteiger partial charge is 0.392 e. The highest BCUT2D eigenvalue weighted by Crippen LogP contribution is 2.27. The minimum Gasteiger partial charge on any atom is -0.392 e. The van der Waals surface area contributed by atoms with E-state index < -0.39 is 0 Å². The number of aliphatic hydroxyl groups excluding tert-OH is 1. The number of piperidine rings is 1. The van der Waals surface area contributed by atoms with E-state index >= 15 is 0 Å². The fourth-order valence-corrected chi connectivity index (χ4v) is 3.00. The van der Waals surface area contributed by atoms with Crippen molar-refractivity contribution in [3.8, 4) is 0 Å². The molecule has 2 N–H and O–H groups in total. The number of hydrogen-bond acceptors (Lipinski definition) is 3. The van der Waals surface area contributed by atoms with Gasteiger partial charge in [0, 0.05) is 12.2 Å². The van der Waals surface area contributed by atoms with E-state index in [2.05, 4.69) is 30.1 Å². The van der Waals surface area contributed by atoms with Crippen LogP contribution in [0.3, 0.4) is 0 Å². The Hall–Kier alpha value is -1.39. The van der Waals surface area contributed by atoms with Gasteiger partial charge >= 0.3 is 0 Å². The molecule has 1 aromatic rings. The van der Waals surface area contributed by atoms with Gasteiger partial charge in [0.1, 0.15) is 0 Å². The van der Waals surface area contributed by atoms with Crippen molar-refractivity contribution in [2.75, 3.05) is 18.4 Å². The van der Waals surface area contributed by atoms with E-state index in [9.17, 15) is 9.90 Å². The summed E-state index contributed by atoms with van der Waals surface area (Å²) in [4.78, 5) is 14.6. The Bertz CT molecular complexity index is 504. The number of anilines is 1. The number of nitrogens with one attached hydrogen (secondary N) is 1. The lowest BCUT2D eigenvalue weighted by Crippen LogP contribution is -2.48. The van der Waals surface area contributed by atoms with E-state index in [0.29, 0.717) is 12.5 Å². The molecule has 3 unspecified atom stereocenters. The summed E-state index contributed by atoms with van der Waals surface area (Å²) in [6.07, 6.45) is 2.52. The monoisotopic (exact) mass is 304 g/mol. The first kappa shape index (κ1) is 17.0. The van der Waals surface area contributed by atoms with E-state index in [1.807, 2.05) is 25.1 Å². The molecule has 4 nitrogen and oxygen atoms in total. The molecule has 0 saturated carbocycles. The molecule has 1 aliphatic heterocycles. The average molecular weight is 304 g/mol. The molecular formula is C18H28N2O2. The zero-order valence-corrected chi connectivity index (χ0v) is 13.9. The number of carbonyl (C=O) groups excluding carboxylic acids is 1. The van der Waals surface area contributed by atoms with Crippen LogP contribution < -0.4 is 5.32 Å². The maximum atomic E-state index is 12.5. The highest BCUT2D eigenvalue weighted by molar-refractivity contribution is 5.95. The highest BCUT2D eigenvalue weighted by Gasteiger charge is 2.26. The average Bonchev–Trinajstić information content (AvgIpc) is 2.53. The third kappa shape index (κ3) is 4.08. The summed E-state index contributed by atoms with van der Waals surface area (Å²) in [6.45, 7) is 7.70. The van der Waals surface area contributed by atoms with Gasteiger partial charge in [0.15, 0.2) is 0 Å². The Kier molecular flexibility index (Phi) is 5.98. The van der Waals surface area contributed by atoms with Crippen molar-refractivity contribution < 1.29 is 9.90 Å². The molecule has 22 heavy (non-hydrogen) atoms. The molecule has 122 valence electrons. The van der Waals surface area contributed by atoms with Crippen molar-refractivity contribution in [3.05, 3.63) is 29.8 Å². The van der Waals surface area contributed by atoms with E-state index in [0.717, 1.165) is 31.5 Å². The number of carbonyl (C=O) groups is 1. The lowest BCUT2D eigenvalue weighted by atomic mass is 9.96. The van der Waals surface area contributed by atoms with Crippen LogP contribution in [0.25, 0.3) is 0 Å². The number of amides is 1. The van der Waals surface area contributed by atoms with Crippen molar-refractivity contribution in [1.82, 2.24) is 4.90 Å². The number of rotatable bonds is 5. The number of hydrogen-bond donors (Lipinski definition) is 2. The molecule has 0 aliphatic carbocycles. The lowest BCUT2D eigenvalue weighted by Gasteiger charge is -2.34. The number of para-hydroxylation sites is 1. The van der Waals surface area contributed by atoms with E-state index in [1.165, 1.54) is 5.56 Å². The van der Waals surface area contributed by atoms with E-state index in [4.69, 9.17) is 0 Å². The number of aliphatic hydroxyl groups is 1. The Morgan fingerprint density at radius 2 is 2.14 bits per heavy atom. The maximum absolute atomic E-state index is 12.5. The molecule has 0 radical (unpaired) electrons. The summed E-state index contributed by atoms with van der Waals surface area (Å²) in [7, 11) is 0. The van der Waals surface area contributed by atoms with Gasteiger partial charge < -0.3 is 10.4 Å². The van der Waals surface area contributed by atoms with Crippen LogP contribution in [0.2, 0.25) is 0 Å². The first-order chi connectivity index (χ1) is 10.5. The van der Waals surface area contributed by atoms with Crippen molar-refractivity contribution in [3.63, 3.8) is 0 Å². The summed E-state index contributed by atoms with van der Waals surface area (Å²) >= 11 is 0. The van der Waals surface area contributed by atoms with Gasteiger partial charge in [-0.05, 0) is 50.3 Å². The van der Waals surface area contributed by atoms with Gasteiger partial charge in [0.2, 0.25) is 5.91 Å². The predicted octanol–water partition coefficient (Wildman–Crippen LogP) is 2.98. The molecule has 2 rings (SSSR count). The second-order valence-electron chi connectivity index (χ2n) is 6.35. The standard InChI is InChI=1S/C18H28N2O2/c1-4-13(2)16-9-5-6-10-17(16)19-18(22)14(3)20-11-7-8-15(21)12-20/h5-6,9-10,13-15,21H,4,7-8,11-12H2,1-3H3,(H,19,22). The topological polar surface area (TPSA) is 52.6 Å². The molecule has 1 aliphatic rings. The normalized spacial score (nSPS) is 22.1. The molecule has 0 spiro atoms. The Morgan fingerprint density at radius 1 is 1.41 bits per heavy atom. The van der Waals surface area contributed by atoms with Gasteiger partial charge in [-0.1, -0.05) is 32.0 Å². The second kappa shape index (κ2) is 7.75. The van der Waals surface area contributed by atoms with Crippen LogP contribution in [0.1, 0.15) is 51.5 Å². The predicted molar refractivity (Wildman–Crippen MR) is 90.1 cm³/mol. The van der Waals surface area contributed by atoms with Crippen molar-refractivity contribution in [2.24, 2.45) is 0 Å². The number of β-amino-alcohol motifs (C(OH)–C–C–N with tert-alkyl or cyclic N) is 1. The fourth-order valence-electron chi connectivity index (χ4n) is 3.00. The fraction of sp³-hybridized carbons (Fsp3) is 0.611. The summed E-state index contributed by atoms with van der Waals surface area (Å²) < 4.78 is 0. The van der Waals surface area contributed by atoms with Crippen LogP contribution in [-0.4, -0.2) is 41.1 Å². The van der Waals surface area contributed by atoms with E-state index in [1.54, 1.807) is 0 Å². The van der Waals surface area contributed by atoms with Gasteiger partial charge in [-0.2, -0.15) is 0 Å². The van der Waals surface area contributed by atoms with Crippen LogP contribution in [0.15, 0.2) is 24.3 Å². The molecule has 1 heterocycles. The van der Waals surface area contributed by atoms with Gasteiger partial charge in [-0.25, -0.2) is 0 Å².